The molecule has 3 nitrogen and oxygen atoms in total. The fraction of sp³-hybridized carbons (Fsp3) is 0.312. The highest BCUT2D eigenvalue weighted by Gasteiger charge is 2.19. The van der Waals surface area contributed by atoms with Gasteiger partial charge in [-0.3, -0.25) is 4.79 Å². The number of carbonyl (C=O) groups is 1. The Bertz CT molecular complexity index is 660. The van der Waals surface area contributed by atoms with Gasteiger partial charge in [0.15, 0.2) is 5.78 Å². The Labute approximate surface area is 126 Å². The normalized spacial score (nSPS) is 14.2. The Hall–Kier alpha value is -1.55. The molecular weight excluding hydrogens is 318 g/mol. The SMILES string of the molecule is COc1ccc(Br)c(Cn2cc3c(c2)C(=O)CCC3)c1. The zero-order valence-electron chi connectivity index (χ0n) is 11.4. The third-order valence-corrected chi connectivity index (χ3v) is 4.49. The van der Waals surface area contributed by atoms with Crippen LogP contribution in [0, 0.1) is 0 Å². The molecular formula is C16H16BrNO2. The van der Waals surface area contributed by atoms with Crippen molar-refractivity contribution in [3.05, 3.63) is 51.8 Å². The Kier molecular flexibility index (Phi) is 3.66. The van der Waals surface area contributed by atoms with E-state index in [2.05, 4.69) is 26.7 Å². The Balaban J connectivity index is 1.90. The fourth-order valence-corrected chi connectivity index (χ4v) is 3.04. The predicted octanol–water partition coefficient (Wildman–Crippen LogP) is 3.83. The van der Waals surface area contributed by atoms with E-state index in [-0.39, 0.29) is 5.78 Å². The molecule has 104 valence electrons. The molecule has 3 rings (SSSR count). The molecule has 0 N–H and O–H groups in total. The van der Waals surface area contributed by atoms with Crippen molar-refractivity contribution in [2.75, 3.05) is 7.11 Å². The van der Waals surface area contributed by atoms with Crippen LogP contribution in [-0.2, 0) is 13.0 Å². The molecule has 1 aromatic carbocycles. The summed E-state index contributed by atoms with van der Waals surface area (Å²) in [5, 5.41) is 0. The maximum atomic E-state index is 11.9. The van der Waals surface area contributed by atoms with E-state index in [1.54, 1.807) is 7.11 Å². The Morgan fingerprint density at radius 1 is 1.30 bits per heavy atom. The summed E-state index contributed by atoms with van der Waals surface area (Å²) in [4.78, 5) is 11.9. The van der Waals surface area contributed by atoms with E-state index in [1.807, 2.05) is 24.4 Å². The van der Waals surface area contributed by atoms with Gasteiger partial charge in [-0.25, -0.2) is 0 Å². The van der Waals surface area contributed by atoms with Crippen LogP contribution in [0.25, 0.3) is 0 Å². The van der Waals surface area contributed by atoms with Gasteiger partial charge in [0.2, 0.25) is 0 Å². The smallest absolute Gasteiger partial charge is 0.164 e. The molecule has 0 amide bonds. The molecule has 0 radical (unpaired) electrons. The lowest BCUT2D eigenvalue weighted by molar-refractivity contribution is 0.0973. The molecule has 1 aliphatic carbocycles. The number of aryl methyl sites for hydroxylation is 1. The van der Waals surface area contributed by atoms with Crippen molar-refractivity contribution in [3.8, 4) is 5.75 Å². The zero-order chi connectivity index (χ0) is 14.1. The molecule has 1 aromatic heterocycles. The summed E-state index contributed by atoms with van der Waals surface area (Å²) < 4.78 is 8.40. The van der Waals surface area contributed by atoms with Crippen LogP contribution in [0.1, 0.15) is 34.3 Å². The number of aromatic nitrogens is 1. The second-order valence-corrected chi connectivity index (χ2v) is 5.96. The lowest BCUT2D eigenvalue weighted by Crippen LogP contribution is -2.07. The van der Waals surface area contributed by atoms with Crippen molar-refractivity contribution >= 4 is 21.7 Å². The van der Waals surface area contributed by atoms with Crippen molar-refractivity contribution in [2.24, 2.45) is 0 Å². The molecule has 0 atom stereocenters. The minimum atomic E-state index is 0.273. The average Bonchev–Trinajstić information content (AvgIpc) is 2.85. The van der Waals surface area contributed by atoms with E-state index < -0.39 is 0 Å². The summed E-state index contributed by atoms with van der Waals surface area (Å²) in [7, 11) is 1.67. The van der Waals surface area contributed by atoms with E-state index in [0.717, 1.165) is 40.7 Å². The summed E-state index contributed by atoms with van der Waals surface area (Å²) >= 11 is 3.56. The van der Waals surface area contributed by atoms with Gasteiger partial charge in [-0.2, -0.15) is 0 Å². The second kappa shape index (κ2) is 5.44. The summed E-state index contributed by atoms with van der Waals surface area (Å²) in [6.45, 7) is 0.734. The van der Waals surface area contributed by atoms with Crippen molar-refractivity contribution < 1.29 is 9.53 Å². The molecule has 4 heteroatoms. The average molecular weight is 334 g/mol. The van der Waals surface area contributed by atoms with E-state index in [4.69, 9.17) is 4.74 Å². The van der Waals surface area contributed by atoms with E-state index in [0.29, 0.717) is 6.42 Å². The lowest BCUT2D eigenvalue weighted by Gasteiger charge is -2.08. The standard InChI is InChI=1S/C16H16BrNO2/c1-20-13-5-6-15(17)12(7-13)9-18-8-11-3-2-4-16(19)14(11)10-18/h5-8,10H,2-4,9H2,1H3. The van der Waals surface area contributed by atoms with E-state index >= 15 is 0 Å². The third kappa shape index (κ3) is 2.52. The minimum Gasteiger partial charge on any atom is -0.497 e. The van der Waals surface area contributed by atoms with Crippen LogP contribution in [0.2, 0.25) is 0 Å². The van der Waals surface area contributed by atoms with Crippen molar-refractivity contribution in [1.82, 2.24) is 4.57 Å². The Morgan fingerprint density at radius 3 is 2.90 bits per heavy atom. The quantitative estimate of drug-likeness (QED) is 0.854. The van der Waals surface area contributed by atoms with Crippen molar-refractivity contribution in [1.29, 1.82) is 0 Å². The summed E-state index contributed by atoms with van der Waals surface area (Å²) in [6.07, 6.45) is 6.73. The van der Waals surface area contributed by atoms with Crippen LogP contribution in [0.5, 0.6) is 5.75 Å². The number of nitrogens with zero attached hydrogens (tertiary/aromatic N) is 1. The number of methoxy groups -OCH3 is 1. The third-order valence-electron chi connectivity index (χ3n) is 3.72. The highest BCUT2D eigenvalue weighted by atomic mass is 79.9. The number of carbonyl (C=O) groups excluding carboxylic acids is 1. The summed E-state index contributed by atoms with van der Waals surface area (Å²) in [5.74, 6) is 1.12. The number of rotatable bonds is 3. The number of hydrogen-bond acceptors (Lipinski definition) is 2. The second-order valence-electron chi connectivity index (χ2n) is 5.10. The van der Waals surface area contributed by atoms with Gasteiger partial charge >= 0.3 is 0 Å². The van der Waals surface area contributed by atoms with Crippen LogP contribution >= 0.6 is 15.9 Å². The molecule has 0 saturated heterocycles. The maximum absolute atomic E-state index is 11.9. The zero-order valence-corrected chi connectivity index (χ0v) is 12.9. The first-order chi connectivity index (χ1) is 9.67. The van der Waals surface area contributed by atoms with Crippen LogP contribution < -0.4 is 4.74 Å². The molecule has 1 aliphatic rings. The first-order valence-corrected chi connectivity index (χ1v) is 7.51. The van der Waals surface area contributed by atoms with E-state index in [9.17, 15) is 4.79 Å². The van der Waals surface area contributed by atoms with Gasteiger partial charge in [0.05, 0.1) is 7.11 Å². The van der Waals surface area contributed by atoms with Gasteiger partial charge in [-0.15, -0.1) is 0 Å². The van der Waals surface area contributed by atoms with Gasteiger partial charge < -0.3 is 9.30 Å². The number of halogens is 1. The maximum Gasteiger partial charge on any atom is 0.164 e. The van der Waals surface area contributed by atoms with Gasteiger partial charge in [-0.05, 0) is 42.2 Å². The van der Waals surface area contributed by atoms with Crippen LogP contribution in [0.4, 0.5) is 0 Å². The van der Waals surface area contributed by atoms with Crippen LogP contribution in [0.3, 0.4) is 0 Å². The van der Waals surface area contributed by atoms with Gasteiger partial charge in [0, 0.05) is 35.4 Å². The van der Waals surface area contributed by atoms with Crippen LogP contribution in [0.15, 0.2) is 35.1 Å². The number of ketones is 1. The first kappa shape index (κ1) is 13.4. The molecule has 0 fully saturated rings. The number of fused-ring (bicyclic) bond motifs is 1. The molecule has 0 saturated carbocycles. The molecule has 20 heavy (non-hydrogen) atoms. The summed E-state index contributed by atoms with van der Waals surface area (Å²) in [5.41, 5.74) is 3.22. The van der Waals surface area contributed by atoms with Crippen molar-refractivity contribution in [2.45, 2.75) is 25.8 Å². The number of Topliss-reactive ketones (excluding diaryl/α,β-unsaturated/α-hetero) is 1. The molecule has 0 aliphatic heterocycles. The van der Waals surface area contributed by atoms with Crippen molar-refractivity contribution in [3.63, 3.8) is 0 Å². The highest BCUT2D eigenvalue weighted by molar-refractivity contribution is 9.10. The highest BCUT2D eigenvalue weighted by Crippen LogP contribution is 2.26. The van der Waals surface area contributed by atoms with Gasteiger partial charge in [-0.1, -0.05) is 15.9 Å². The topological polar surface area (TPSA) is 31.2 Å². The fourth-order valence-electron chi connectivity index (χ4n) is 2.67. The monoisotopic (exact) mass is 333 g/mol. The minimum absolute atomic E-state index is 0.273. The molecule has 0 spiro atoms. The van der Waals surface area contributed by atoms with E-state index in [1.165, 1.54) is 5.56 Å². The number of hydrogen-bond donors (Lipinski definition) is 0. The predicted molar refractivity (Wildman–Crippen MR) is 81.5 cm³/mol. The molecule has 0 unspecified atom stereocenters. The molecule has 0 bridgehead atoms. The first-order valence-electron chi connectivity index (χ1n) is 6.71. The van der Waals surface area contributed by atoms with Crippen LogP contribution in [-0.4, -0.2) is 17.5 Å². The lowest BCUT2D eigenvalue weighted by atomic mass is 9.95. The molecule has 2 aromatic rings. The largest absolute Gasteiger partial charge is 0.497 e. The molecule has 1 heterocycles. The number of benzene rings is 1. The summed E-state index contributed by atoms with van der Waals surface area (Å²) in [6, 6.07) is 5.94. The Morgan fingerprint density at radius 2 is 2.15 bits per heavy atom. The van der Waals surface area contributed by atoms with Gasteiger partial charge in [0.25, 0.3) is 0 Å². The van der Waals surface area contributed by atoms with Gasteiger partial charge in [0.1, 0.15) is 5.75 Å². The number of ether oxygens (including phenoxy) is 1.